The van der Waals surface area contributed by atoms with E-state index in [1.807, 2.05) is 42.9 Å². The summed E-state index contributed by atoms with van der Waals surface area (Å²) >= 11 is 0. The zero-order valence-corrected chi connectivity index (χ0v) is 16.3. The second kappa shape index (κ2) is 8.20. The predicted molar refractivity (Wildman–Crippen MR) is 105 cm³/mol. The fourth-order valence-electron chi connectivity index (χ4n) is 3.68. The Bertz CT molecular complexity index is 955. The Morgan fingerprint density at radius 1 is 1.14 bits per heavy atom. The maximum absolute atomic E-state index is 14.0. The number of morpholine rings is 1. The molecule has 1 aromatic carbocycles. The van der Waals surface area contributed by atoms with E-state index in [1.165, 1.54) is 11.6 Å². The summed E-state index contributed by atoms with van der Waals surface area (Å²) in [5.74, 6) is -0.193. The summed E-state index contributed by atoms with van der Waals surface area (Å²) < 4.78 is 21.8. The summed E-state index contributed by atoms with van der Waals surface area (Å²) in [5.41, 5.74) is 4.72. The largest absolute Gasteiger partial charge is 0.369 e. The molecular formula is C22H25FN4O. The Hall–Kier alpha value is -2.57. The lowest BCUT2D eigenvalue weighted by molar-refractivity contribution is -0.0351. The fourth-order valence-corrected chi connectivity index (χ4v) is 3.68. The highest BCUT2D eigenvalue weighted by Gasteiger charge is 2.24. The van der Waals surface area contributed by atoms with E-state index in [4.69, 9.17) is 9.72 Å². The third-order valence-electron chi connectivity index (χ3n) is 5.15. The van der Waals surface area contributed by atoms with Gasteiger partial charge in [-0.1, -0.05) is 24.3 Å². The molecule has 5 nitrogen and oxygen atoms in total. The molecule has 1 fully saturated rings. The summed E-state index contributed by atoms with van der Waals surface area (Å²) in [6, 6.07) is 12.8. The molecule has 1 saturated heterocycles. The van der Waals surface area contributed by atoms with Crippen LogP contribution in [0.15, 0.2) is 48.7 Å². The van der Waals surface area contributed by atoms with Gasteiger partial charge in [0.2, 0.25) is 0 Å². The first-order valence-electron chi connectivity index (χ1n) is 9.61. The zero-order chi connectivity index (χ0) is 19.5. The van der Waals surface area contributed by atoms with Crippen molar-refractivity contribution in [2.75, 3.05) is 19.7 Å². The molecule has 28 heavy (non-hydrogen) atoms. The lowest BCUT2D eigenvalue weighted by atomic mass is 10.1. The maximum Gasteiger partial charge on any atom is 0.126 e. The molecule has 2 aromatic heterocycles. The van der Waals surface area contributed by atoms with Crippen molar-refractivity contribution in [1.29, 1.82) is 0 Å². The van der Waals surface area contributed by atoms with Gasteiger partial charge in [0.25, 0.3) is 0 Å². The number of hydrogen-bond acceptors (Lipinski definition) is 4. The van der Waals surface area contributed by atoms with Gasteiger partial charge in [-0.15, -0.1) is 0 Å². The SMILES string of the molecule is Cc1nn(C)cc1CN1CCOC(c2cccc(Cc3ccccc3F)n2)C1. The first-order chi connectivity index (χ1) is 13.6. The number of halogens is 1. The molecule has 0 saturated carbocycles. The lowest BCUT2D eigenvalue weighted by Crippen LogP contribution is -2.38. The monoisotopic (exact) mass is 380 g/mol. The Morgan fingerprint density at radius 2 is 2.00 bits per heavy atom. The number of pyridine rings is 1. The number of rotatable bonds is 5. The van der Waals surface area contributed by atoms with E-state index in [2.05, 4.69) is 16.2 Å². The lowest BCUT2D eigenvalue weighted by Gasteiger charge is -2.32. The quantitative estimate of drug-likeness (QED) is 0.680. The molecule has 0 amide bonds. The van der Waals surface area contributed by atoms with Gasteiger partial charge in [-0.2, -0.15) is 5.10 Å². The van der Waals surface area contributed by atoms with Crippen LogP contribution in [0.5, 0.6) is 0 Å². The predicted octanol–water partition coefficient (Wildman–Crippen LogP) is 3.43. The van der Waals surface area contributed by atoms with Crippen LogP contribution in [0.4, 0.5) is 4.39 Å². The highest BCUT2D eigenvalue weighted by molar-refractivity contribution is 5.25. The number of aromatic nitrogens is 3. The van der Waals surface area contributed by atoms with Crippen molar-refractivity contribution < 1.29 is 9.13 Å². The normalized spacial score (nSPS) is 17.8. The van der Waals surface area contributed by atoms with Crippen molar-refractivity contribution in [2.24, 2.45) is 7.05 Å². The minimum atomic E-state index is -0.193. The van der Waals surface area contributed by atoms with Gasteiger partial charge < -0.3 is 4.74 Å². The summed E-state index contributed by atoms with van der Waals surface area (Å²) in [5, 5.41) is 4.43. The van der Waals surface area contributed by atoms with Crippen molar-refractivity contribution in [2.45, 2.75) is 26.0 Å². The van der Waals surface area contributed by atoms with Crippen LogP contribution in [0.2, 0.25) is 0 Å². The maximum atomic E-state index is 14.0. The van der Waals surface area contributed by atoms with E-state index < -0.39 is 0 Å². The third-order valence-corrected chi connectivity index (χ3v) is 5.15. The molecule has 4 rings (SSSR count). The molecule has 1 atom stereocenters. The number of hydrogen-bond donors (Lipinski definition) is 0. The topological polar surface area (TPSA) is 43.2 Å². The molecule has 146 valence electrons. The van der Waals surface area contributed by atoms with Gasteiger partial charge in [-0.05, 0) is 30.7 Å². The van der Waals surface area contributed by atoms with Crippen molar-refractivity contribution >= 4 is 0 Å². The summed E-state index contributed by atoms with van der Waals surface area (Å²) in [6.45, 7) is 5.24. The Morgan fingerprint density at radius 3 is 2.79 bits per heavy atom. The average Bonchev–Trinajstić information content (AvgIpc) is 3.01. The van der Waals surface area contributed by atoms with Crippen molar-refractivity contribution in [3.8, 4) is 0 Å². The van der Waals surface area contributed by atoms with Crippen LogP contribution in [-0.2, 0) is 24.8 Å². The summed E-state index contributed by atoms with van der Waals surface area (Å²) in [4.78, 5) is 7.14. The Balaban J connectivity index is 1.46. The van der Waals surface area contributed by atoms with E-state index in [-0.39, 0.29) is 11.9 Å². The first kappa shape index (κ1) is 18.8. The average molecular weight is 380 g/mol. The van der Waals surface area contributed by atoms with Gasteiger partial charge in [-0.3, -0.25) is 14.6 Å². The second-order valence-corrected chi connectivity index (χ2v) is 7.33. The molecule has 0 aliphatic carbocycles. The molecule has 0 bridgehead atoms. The van der Waals surface area contributed by atoms with E-state index in [1.54, 1.807) is 12.1 Å². The number of aryl methyl sites for hydroxylation is 2. The van der Waals surface area contributed by atoms with E-state index in [0.29, 0.717) is 18.6 Å². The van der Waals surface area contributed by atoms with Crippen LogP contribution >= 0.6 is 0 Å². The van der Waals surface area contributed by atoms with Crippen LogP contribution in [0.3, 0.4) is 0 Å². The molecule has 1 aliphatic rings. The molecule has 0 radical (unpaired) electrons. The molecule has 0 spiro atoms. The Kier molecular flexibility index (Phi) is 5.50. The van der Waals surface area contributed by atoms with E-state index in [9.17, 15) is 4.39 Å². The molecule has 1 aliphatic heterocycles. The van der Waals surface area contributed by atoms with Crippen molar-refractivity contribution in [1.82, 2.24) is 19.7 Å². The number of nitrogens with zero attached hydrogens (tertiary/aromatic N) is 4. The minimum Gasteiger partial charge on any atom is -0.369 e. The molecular weight excluding hydrogens is 355 g/mol. The van der Waals surface area contributed by atoms with Crippen LogP contribution in [0.1, 0.15) is 34.3 Å². The minimum absolute atomic E-state index is 0.0775. The molecule has 3 aromatic rings. The van der Waals surface area contributed by atoms with Gasteiger partial charge in [0.05, 0.1) is 18.0 Å². The number of ether oxygens (including phenoxy) is 1. The van der Waals surface area contributed by atoms with Gasteiger partial charge >= 0.3 is 0 Å². The van der Waals surface area contributed by atoms with Crippen LogP contribution in [-0.4, -0.2) is 39.4 Å². The molecule has 1 unspecified atom stereocenters. The highest BCUT2D eigenvalue weighted by atomic mass is 19.1. The number of benzene rings is 1. The van der Waals surface area contributed by atoms with E-state index in [0.717, 1.165) is 36.7 Å². The molecule has 3 heterocycles. The van der Waals surface area contributed by atoms with E-state index >= 15 is 0 Å². The zero-order valence-electron chi connectivity index (χ0n) is 16.3. The highest BCUT2D eigenvalue weighted by Crippen LogP contribution is 2.23. The fraction of sp³-hybridized carbons (Fsp3) is 0.364. The molecule has 0 N–H and O–H groups in total. The van der Waals surface area contributed by atoms with Gasteiger partial charge in [0.1, 0.15) is 11.9 Å². The van der Waals surface area contributed by atoms with Crippen LogP contribution in [0.25, 0.3) is 0 Å². The van der Waals surface area contributed by atoms with Crippen molar-refractivity contribution in [3.63, 3.8) is 0 Å². The molecule has 6 heteroatoms. The third kappa shape index (κ3) is 4.29. The smallest absolute Gasteiger partial charge is 0.126 e. The van der Waals surface area contributed by atoms with Crippen LogP contribution < -0.4 is 0 Å². The first-order valence-corrected chi connectivity index (χ1v) is 9.61. The van der Waals surface area contributed by atoms with Crippen LogP contribution in [0, 0.1) is 12.7 Å². The standard InChI is InChI=1S/C22H25FN4O/c1-16-18(13-26(2)25-16)14-27-10-11-28-22(15-27)21-9-5-7-19(24-21)12-17-6-3-4-8-20(17)23/h3-9,13,22H,10-12,14-15H2,1-2H3. The Labute approximate surface area is 164 Å². The summed E-state index contributed by atoms with van der Waals surface area (Å²) in [7, 11) is 1.95. The van der Waals surface area contributed by atoms with Gasteiger partial charge in [0.15, 0.2) is 0 Å². The summed E-state index contributed by atoms with van der Waals surface area (Å²) in [6.07, 6.45) is 2.48. The second-order valence-electron chi connectivity index (χ2n) is 7.33. The van der Waals surface area contributed by atoms with Gasteiger partial charge in [-0.25, -0.2) is 4.39 Å². The van der Waals surface area contributed by atoms with Gasteiger partial charge in [0, 0.05) is 50.6 Å². The van der Waals surface area contributed by atoms with Crippen molar-refractivity contribution in [3.05, 3.63) is 82.7 Å².